The van der Waals surface area contributed by atoms with E-state index in [2.05, 4.69) is 6.92 Å². The lowest BCUT2D eigenvalue weighted by atomic mass is 9.68. The zero-order chi connectivity index (χ0) is 16.1. The van der Waals surface area contributed by atoms with Crippen LogP contribution in [-0.4, -0.2) is 25.5 Å². The molecule has 126 valence electrons. The summed E-state index contributed by atoms with van der Waals surface area (Å²) in [6, 6.07) is 0. The predicted molar refractivity (Wildman–Crippen MR) is 91.1 cm³/mol. The molecule has 0 amide bonds. The van der Waals surface area contributed by atoms with Crippen LogP contribution in [0.2, 0.25) is 0 Å². The number of hydrogen-bond acceptors (Lipinski definition) is 3. The van der Waals surface area contributed by atoms with Crippen molar-refractivity contribution in [2.45, 2.75) is 83.8 Å². The zero-order valence-electron chi connectivity index (χ0n) is 14.5. The lowest BCUT2D eigenvalue weighted by molar-refractivity contribution is 0.145. The number of nitrogens with two attached hydrogens (primary N) is 1. The highest BCUT2D eigenvalue weighted by Gasteiger charge is 2.37. The van der Waals surface area contributed by atoms with E-state index in [1.807, 2.05) is 0 Å². The van der Waals surface area contributed by atoms with E-state index >= 15 is 0 Å². The molecule has 0 spiro atoms. The number of unbranched alkanes of at least 4 members (excludes halogenated alkanes) is 1. The first-order chi connectivity index (χ1) is 9.66. The molecular formula is C17H35NO2S. The maximum atomic E-state index is 12.3. The molecule has 4 heteroatoms. The molecule has 21 heavy (non-hydrogen) atoms. The fourth-order valence-corrected chi connectivity index (χ4v) is 4.60. The van der Waals surface area contributed by atoms with E-state index < -0.39 is 14.6 Å². The van der Waals surface area contributed by atoms with Crippen LogP contribution in [0.3, 0.4) is 0 Å². The number of sulfone groups is 1. The van der Waals surface area contributed by atoms with Crippen molar-refractivity contribution in [2.75, 3.05) is 12.3 Å². The van der Waals surface area contributed by atoms with Crippen molar-refractivity contribution in [2.24, 2.45) is 17.1 Å². The molecular weight excluding hydrogens is 282 g/mol. The Kier molecular flexibility index (Phi) is 6.73. The fraction of sp³-hybridized carbons (Fsp3) is 1.00. The van der Waals surface area contributed by atoms with Gasteiger partial charge in [0.25, 0.3) is 0 Å². The molecule has 1 rings (SSSR count). The van der Waals surface area contributed by atoms with E-state index in [-0.39, 0.29) is 11.2 Å². The van der Waals surface area contributed by atoms with E-state index in [0.29, 0.717) is 6.54 Å². The van der Waals surface area contributed by atoms with Crippen LogP contribution in [0.25, 0.3) is 0 Å². The van der Waals surface area contributed by atoms with Crippen LogP contribution in [0.1, 0.15) is 79.1 Å². The summed E-state index contributed by atoms with van der Waals surface area (Å²) in [4.78, 5) is 0. The lowest BCUT2D eigenvalue weighted by Crippen LogP contribution is -2.39. The molecule has 0 heterocycles. The van der Waals surface area contributed by atoms with Gasteiger partial charge in [-0.1, -0.05) is 26.2 Å². The van der Waals surface area contributed by atoms with Crippen LogP contribution in [0.5, 0.6) is 0 Å². The molecule has 0 saturated heterocycles. The van der Waals surface area contributed by atoms with Crippen molar-refractivity contribution < 1.29 is 8.42 Å². The Labute approximate surface area is 132 Å². The average Bonchev–Trinajstić information content (AvgIpc) is 2.43. The fourth-order valence-electron chi connectivity index (χ4n) is 3.28. The largest absolute Gasteiger partial charge is 0.330 e. The minimum Gasteiger partial charge on any atom is -0.330 e. The van der Waals surface area contributed by atoms with Crippen molar-refractivity contribution in [1.29, 1.82) is 0 Å². The summed E-state index contributed by atoms with van der Waals surface area (Å²) in [5.74, 6) is 1.12. The molecule has 0 aromatic carbocycles. The summed E-state index contributed by atoms with van der Waals surface area (Å²) in [6.45, 7) is 8.24. The summed E-state index contributed by atoms with van der Waals surface area (Å²) >= 11 is 0. The molecule has 1 aliphatic carbocycles. The SMILES string of the molecule is CCCCC1CCC(CN)(CCS(=O)(=O)C(C)(C)C)CC1. The van der Waals surface area contributed by atoms with Crippen LogP contribution >= 0.6 is 0 Å². The third-order valence-corrected chi connectivity index (χ3v) is 8.01. The molecule has 1 aliphatic rings. The molecule has 2 N–H and O–H groups in total. The Morgan fingerprint density at radius 3 is 2.19 bits per heavy atom. The summed E-state index contributed by atoms with van der Waals surface area (Å²) < 4.78 is 24.0. The minimum atomic E-state index is -3.03. The van der Waals surface area contributed by atoms with E-state index in [1.165, 1.54) is 32.1 Å². The van der Waals surface area contributed by atoms with Gasteiger partial charge >= 0.3 is 0 Å². The smallest absolute Gasteiger partial charge is 0.155 e. The molecule has 0 bridgehead atoms. The van der Waals surface area contributed by atoms with Gasteiger partial charge in [0.05, 0.1) is 10.5 Å². The molecule has 0 aromatic heterocycles. The predicted octanol–water partition coefficient (Wildman–Crippen LogP) is 3.92. The summed E-state index contributed by atoms with van der Waals surface area (Å²) in [6.07, 6.45) is 9.33. The number of rotatable bonds is 7. The monoisotopic (exact) mass is 317 g/mol. The first-order valence-corrected chi connectivity index (χ1v) is 10.2. The normalized spacial score (nSPS) is 27.8. The highest BCUT2D eigenvalue weighted by atomic mass is 32.2. The second-order valence-corrected chi connectivity index (χ2v) is 10.8. The third kappa shape index (κ3) is 5.24. The van der Waals surface area contributed by atoms with Crippen molar-refractivity contribution in [3.05, 3.63) is 0 Å². The molecule has 0 radical (unpaired) electrons. The summed E-state index contributed by atoms with van der Waals surface area (Å²) in [5, 5.41) is 0. The second kappa shape index (κ2) is 7.45. The maximum absolute atomic E-state index is 12.3. The van der Waals surface area contributed by atoms with Gasteiger partial charge in [0, 0.05) is 0 Å². The summed E-state index contributed by atoms with van der Waals surface area (Å²) in [7, 11) is -3.03. The van der Waals surface area contributed by atoms with Gasteiger partial charge in [-0.05, 0) is 70.8 Å². The quantitative estimate of drug-likeness (QED) is 0.774. The van der Waals surface area contributed by atoms with Gasteiger partial charge in [0.15, 0.2) is 9.84 Å². The van der Waals surface area contributed by atoms with Crippen molar-refractivity contribution in [1.82, 2.24) is 0 Å². The Balaban J connectivity index is 2.56. The maximum Gasteiger partial charge on any atom is 0.155 e. The highest BCUT2D eigenvalue weighted by molar-refractivity contribution is 7.92. The van der Waals surface area contributed by atoms with Gasteiger partial charge in [-0.2, -0.15) is 0 Å². The molecule has 1 fully saturated rings. The van der Waals surface area contributed by atoms with Crippen LogP contribution in [0.15, 0.2) is 0 Å². The molecule has 0 aliphatic heterocycles. The van der Waals surface area contributed by atoms with Crippen LogP contribution < -0.4 is 5.73 Å². The van der Waals surface area contributed by atoms with Gasteiger partial charge < -0.3 is 5.73 Å². The second-order valence-electron chi connectivity index (χ2n) is 7.97. The number of hydrogen-bond donors (Lipinski definition) is 1. The Hall–Kier alpha value is -0.0900. The van der Waals surface area contributed by atoms with E-state index in [1.54, 1.807) is 20.8 Å². The van der Waals surface area contributed by atoms with Gasteiger partial charge in [-0.15, -0.1) is 0 Å². The molecule has 0 aromatic rings. The zero-order valence-corrected chi connectivity index (χ0v) is 15.3. The van der Waals surface area contributed by atoms with Crippen molar-refractivity contribution in [3.8, 4) is 0 Å². The molecule has 3 nitrogen and oxygen atoms in total. The Morgan fingerprint density at radius 2 is 1.76 bits per heavy atom. The highest BCUT2D eigenvalue weighted by Crippen LogP contribution is 2.43. The van der Waals surface area contributed by atoms with Gasteiger partial charge in [-0.3, -0.25) is 0 Å². The van der Waals surface area contributed by atoms with Gasteiger partial charge in [-0.25, -0.2) is 8.42 Å². The summed E-state index contributed by atoms with van der Waals surface area (Å²) in [5.41, 5.74) is 6.10. The first-order valence-electron chi connectivity index (χ1n) is 8.58. The van der Waals surface area contributed by atoms with E-state index in [4.69, 9.17) is 5.73 Å². The van der Waals surface area contributed by atoms with Gasteiger partial charge in [0.2, 0.25) is 0 Å². The van der Waals surface area contributed by atoms with Gasteiger partial charge in [0.1, 0.15) is 0 Å². The first kappa shape index (κ1) is 19.0. The van der Waals surface area contributed by atoms with E-state index in [0.717, 1.165) is 25.2 Å². The molecule has 0 atom stereocenters. The Bertz CT molecular complexity index is 401. The van der Waals surface area contributed by atoms with Crippen LogP contribution in [0.4, 0.5) is 0 Å². The standard InChI is InChI=1S/C17H35NO2S/c1-5-6-7-15-8-10-17(14-18,11-9-15)12-13-21(19,20)16(2,3)4/h15H,5-14,18H2,1-4H3. The average molecular weight is 318 g/mol. The minimum absolute atomic E-state index is 0.0705. The van der Waals surface area contributed by atoms with Crippen LogP contribution in [-0.2, 0) is 9.84 Å². The van der Waals surface area contributed by atoms with Crippen molar-refractivity contribution >= 4 is 9.84 Å². The molecule has 0 unspecified atom stereocenters. The molecule has 1 saturated carbocycles. The van der Waals surface area contributed by atoms with E-state index in [9.17, 15) is 8.42 Å². The third-order valence-electron chi connectivity index (χ3n) is 5.40. The topological polar surface area (TPSA) is 60.2 Å². The van der Waals surface area contributed by atoms with Crippen LogP contribution in [0, 0.1) is 11.3 Å². The lowest BCUT2D eigenvalue weighted by Gasteiger charge is -2.40. The van der Waals surface area contributed by atoms with Crippen molar-refractivity contribution in [3.63, 3.8) is 0 Å². The Morgan fingerprint density at radius 1 is 1.19 bits per heavy atom.